The number of carbonyl (C=O) groups excluding carboxylic acids is 1. The zero-order valence-electron chi connectivity index (χ0n) is 12.1. The van der Waals surface area contributed by atoms with Crippen LogP contribution < -0.4 is 4.74 Å². The van der Waals surface area contributed by atoms with Gasteiger partial charge in [0, 0.05) is 0 Å². The summed E-state index contributed by atoms with van der Waals surface area (Å²) in [7, 11) is 1.58. The predicted octanol–water partition coefficient (Wildman–Crippen LogP) is 2.50. The van der Waals surface area contributed by atoms with E-state index in [1.165, 1.54) is 0 Å². The summed E-state index contributed by atoms with van der Waals surface area (Å²) in [6, 6.07) is 7.05. The van der Waals surface area contributed by atoms with E-state index < -0.39 is 23.6 Å². The third-order valence-corrected chi connectivity index (χ3v) is 2.62. The number of aliphatic hydroxyl groups is 1. The summed E-state index contributed by atoms with van der Waals surface area (Å²) < 4.78 is 10.4. The Morgan fingerprint density at radius 3 is 2.11 bits per heavy atom. The number of ether oxygens (including phenoxy) is 2. The highest BCUT2D eigenvalue weighted by Crippen LogP contribution is 2.25. The highest BCUT2D eigenvalue weighted by Gasteiger charge is 2.30. The van der Waals surface area contributed by atoms with Crippen molar-refractivity contribution in [2.24, 2.45) is 0 Å². The van der Waals surface area contributed by atoms with Gasteiger partial charge in [-0.25, -0.2) is 0 Å². The molecule has 0 unspecified atom stereocenters. The average molecular weight is 266 g/mol. The molecule has 0 aromatic heterocycles. The summed E-state index contributed by atoms with van der Waals surface area (Å²) >= 11 is 0. The number of hydrogen-bond acceptors (Lipinski definition) is 4. The molecule has 1 N–H and O–H groups in total. The lowest BCUT2D eigenvalue weighted by atomic mass is 9.94. The minimum absolute atomic E-state index is 0.423. The van der Waals surface area contributed by atoms with Crippen LogP contribution in [0.25, 0.3) is 0 Å². The molecule has 106 valence electrons. The summed E-state index contributed by atoms with van der Waals surface area (Å²) in [4.78, 5) is 12.1. The van der Waals surface area contributed by atoms with Crippen LogP contribution in [-0.4, -0.2) is 29.9 Å². The van der Waals surface area contributed by atoms with Gasteiger partial charge in [-0.2, -0.15) is 0 Å². The van der Waals surface area contributed by atoms with Crippen molar-refractivity contribution in [3.63, 3.8) is 0 Å². The molecule has 0 radical (unpaired) electrons. The quantitative estimate of drug-likeness (QED) is 0.851. The number of rotatable bonds is 4. The Balaban J connectivity index is 2.96. The standard InChI is InChI=1S/C15H22O4/c1-10(16)13(14(17)19-15(2,3)4)11-6-8-12(18-5)9-7-11/h6-10,13,16H,1-5H3/t10-,13+/m1/s1. The van der Waals surface area contributed by atoms with Crippen LogP contribution in [0.1, 0.15) is 39.2 Å². The molecule has 0 aliphatic carbocycles. The Hall–Kier alpha value is -1.55. The predicted molar refractivity (Wildman–Crippen MR) is 73.3 cm³/mol. The molecule has 0 fully saturated rings. The zero-order valence-corrected chi connectivity index (χ0v) is 12.1. The number of esters is 1. The smallest absolute Gasteiger partial charge is 0.316 e. The molecule has 0 aliphatic rings. The molecule has 1 rings (SSSR count). The Morgan fingerprint density at radius 1 is 1.21 bits per heavy atom. The van der Waals surface area contributed by atoms with E-state index >= 15 is 0 Å². The lowest BCUT2D eigenvalue weighted by Gasteiger charge is -2.25. The molecule has 0 saturated carbocycles. The van der Waals surface area contributed by atoms with Crippen LogP contribution in [0.4, 0.5) is 0 Å². The monoisotopic (exact) mass is 266 g/mol. The number of aliphatic hydroxyl groups excluding tert-OH is 1. The van der Waals surface area contributed by atoms with E-state index in [0.717, 1.165) is 0 Å². The fourth-order valence-electron chi connectivity index (χ4n) is 1.79. The summed E-state index contributed by atoms with van der Waals surface area (Å²) in [5.74, 6) is -0.407. The lowest BCUT2D eigenvalue weighted by Crippen LogP contribution is -2.32. The largest absolute Gasteiger partial charge is 0.497 e. The van der Waals surface area contributed by atoms with Crippen molar-refractivity contribution in [3.8, 4) is 5.75 Å². The number of methoxy groups -OCH3 is 1. The molecular weight excluding hydrogens is 244 g/mol. The fraction of sp³-hybridized carbons (Fsp3) is 0.533. The summed E-state index contributed by atoms with van der Waals surface area (Å²) in [5.41, 5.74) is 0.140. The van der Waals surface area contributed by atoms with Gasteiger partial charge in [-0.3, -0.25) is 4.79 Å². The minimum Gasteiger partial charge on any atom is -0.497 e. The molecular formula is C15H22O4. The van der Waals surface area contributed by atoms with Crippen molar-refractivity contribution in [2.75, 3.05) is 7.11 Å². The Bertz CT molecular complexity index is 415. The molecule has 0 aliphatic heterocycles. The Kier molecular flexibility index (Phi) is 4.95. The van der Waals surface area contributed by atoms with E-state index in [9.17, 15) is 9.90 Å². The van der Waals surface area contributed by atoms with Crippen molar-refractivity contribution in [1.29, 1.82) is 0 Å². The van der Waals surface area contributed by atoms with Gasteiger partial charge in [-0.1, -0.05) is 12.1 Å². The van der Waals surface area contributed by atoms with Gasteiger partial charge >= 0.3 is 5.97 Å². The van der Waals surface area contributed by atoms with E-state index in [0.29, 0.717) is 11.3 Å². The molecule has 1 aromatic carbocycles. The first-order valence-electron chi connectivity index (χ1n) is 6.29. The van der Waals surface area contributed by atoms with Crippen molar-refractivity contribution in [3.05, 3.63) is 29.8 Å². The van der Waals surface area contributed by atoms with Crippen LogP contribution in [0.3, 0.4) is 0 Å². The lowest BCUT2D eigenvalue weighted by molar-refractivity contribution is -0.159. The second-order valence-electron chi connectivity index (χ2n) is 5.52. The van der Waals surface area contributed by atoms with Gasteiger partial charge in [0.15, 0.2) is 0 Å². The highest BCUT2D eigenvalue weighted by molar-refractivity contribution is 5.79. The topological polar surface area (TPSA) is 55.8 Å². The van der Waals surface area contributed by atoms with Crippen LogP contribution in [0, 0.1) is 0 Å². The van der Waals surface area contributed by atoms with Gasteiger partial charge in [-0.15, -0.1) is 0 Å². The van der Waals surface area contributed by atoms with Crippen LogP contribution in [0.15, 0.2) is 24.3 Å². The first-order valence-corrected chi connectivity index (χ1v) is 6.29. The van der Waals surface area contributed by atoms with Gasteiger partial charge in [0.25, 0.3) is 0 Å². The van der Waals surface area contributed by atoms with Gasteiger partial charge in [0.1, 0.15) is 17.3 Å². The number of carbonyl (C=O) groups is 1. The second kappa shape index (κ2) is 6.06. The molecule has 4 heteroatoms. The second-order valence-corrected chi connectivity index (χ2v) is 5.52. The molecule has 2 atom stereocenters. The molecule has 0 amide bonds. The summed E-state index contributed by atoms with van der Waals surface area (Å²) in [6.07, 6.45) is -0.816. The van der Waals surface area contributed by atoms with Crippen LogP contribution in [-0.2, 0) is 9.53 Å². The van der Waals surface area contributed by atoms with E-state index in [4.69, 9.17) is 9.47 Å². The molecule has 4 nitrogen and oxygen atoms in total. The minimum atomic E-state index is -0.816. The maximum Gasteiger partial charge on any atom is 0.316 e. The van der Waals surface area contributed by atoms with Crippen molar-refractivity contribution in [1.82, 2.24) is 0 Å². The van der Waals surface area contributed by atoms with Gasteiger partial charge in [0.2, 0.25) is 0 Å². The summed E-state index contributed by atoms with van der Waals surface area (Å²) in [6.45, 7) is 6.99. The van der Waals surface area contributed by atoms with Gasteiger partial charge in [-0.05, 0) is 45.4 Å². The highest BCUT2D eigenvalue weighted by atomic mass is 16.6. The SMILES string of the molecule is COc1ccc([C@@H](C(=O)OC(C)(C)C)[C@@H](C)O)cc1. The average Bonchev–Trinajstić information content (AvgIpc) is 2.27. The van der Waals surface area contributed by atoms with Crippen LogP contribution in [0.2, 0.25) is 0 Å². The third kappa shape index (κ3) is 4.56. The Labute approximate surface area is 114 Å². The van der Waals surface area contributed by atoms with Gasteiger partial charge in [0.05, 0.1) is 13.2 Å². The van der Waals surface area contributed by atoms with E-state index in [1.807, 2.05) is 0 Å². The fourth-order valence-corrected chi connectivity index (χ4v) is 1.79. The van der Waals surface area contributed by atoms with Gasteiger partial charge < -0.3 is 14.6 Å². The maximum absolute atomic E-state index is 12.1. The number of hydrogen-bond donors (Lipinski definition) is 1. The van der Waals surface area contributed by atoms with Crippen molar-refractivity contribution >= 4 is 5.97 Å². The third-order valence-electron chi connectivity index (χ3n) is 2.62. The van der Waals surface area contributed by atoms with Crippen molar-refractivity contribution in [2.45, 2.75) is 45.3 Å². The summed E-state index contributed by atoms with van der Waals surface area (Å²) in [5, 5.41) is 9.83. The maximum atomic E-state index is 12.1. The number of benzene rings is 1. The normalized spacial score (nSPS) is 14.6. The van der Waals surface area contributed by atoms with E-state index in [1.54, 1.807) is 59.1 Å². The molecule has 0 spiro atoms. The Morgan fingerprint density at radius 2 is 1.74 bits per heavy atom. The molecule has 0 bridgehead atoms. The molecule has 19 heavy (non-hydrogen) atoms. The van der Waals surface area contributed by atoms with E-state index in [-0.39, 0.29) is 0 Å². The molecule has 0 saturated heterocycles. The molecule has 1 aromatic rings. The van der Waals surface area contributed by atoms with E-state index in [2.05, 4.69) is 0 Å². The van der Waals surface area contributed by atoms with Crippen molar-refractivity contribution < 1.29 is 19.4 Å². The van der Waals surface area contributed by atoms with Crippen LogP contribution >= 0.6 is 0 Å². The zero-order chi connectivity index (χ0) is 14.6. The first-order chi connectivity index (χ1) is 8.74. The molecule has 0 heterocycles. The van der Waals surface area contributed by atoms with Crippen LogP contribution in [0.5, 0.6) is 5.75 Å². The first kappa shape index (κ1) is 15.5.